The molecule has 34 heavy (non-hydrogen) atoms. The van der Waals surface area contributed by atoms with E-state index < -0.39 is 23.5 Å². The molecule has 0 aromatic heterocycles. The Hall–Kier alpha value is -3.93. The van der Waals surface area contributed by atoms with Crippen molar-refractivity contribution < 1.29 is 23.8 Å². The Bertz CT molecular complexity index is 1250. The maximum absolute atomic E-state index is 14.9. The van der Waals surface area contributed by atoms with Gasteiger partial charge in [-0.15, -0.1) is 0 Å². The monoisotopic (exact) mass is 459 g/mol. The third kappa shape index (κ3) is 4.44. The van der Waals surface area contributed by atoms with E-state index in [4.69, 9.17) is 4.74 Å². The van der Waals surface area contributed by atoms with Crippen molar-refractivity contribution in [2.24, 2.45) is 5.92 Å². The number of hydrogen-bond acceptors (Lipinski definition) is 4. The number of ketones is 1. The van der Waals surface area contributed by atoms with Crippen molar-refractivity contribution in [2.75, 3.05) is 11.5 Å². The van der Waals surface area contributed by atoms with Crippen LogP contribution in [0.3, 0.4) is 0 Å². The first kappa shape index (κ1) is 23.2. The molecule has 1 heterocycles. The molecule has 1 N–H and O–H groups in total. The summed E-state index contributed by atoms with van der Waals surface area (Å²) in [5, 5.41) is 11.2. The molecular formula is C28H26FNO4. The predicted molar refractivity (Wildman–Crippen MR) is 129 cm³/mol. The Morgan fingerprint density at radius 3 is 2.26 bits per heavy atom. The Morgan fingerprint density at radius 2 is 1.65 bits per heavy atom. The molecule has 6 heteroatoms. The first-order chi connectivity index (χ1) is 16.3. The highest BCUT2D eigenvalue weighted by molar-refractivity contribution is 6.51. The molecule has 5 nitrogen and oxygen atoms in total. The highest BCUT2D eigenvalue weighted by Crippen LogP contribution is 2.43. The van der Waals surface area contributed by atoms with Crippen LogP contribution in [-0.2, 0) is 9.59 Å². The van der Waals surface area contributed by atoms with Gasteiger partial charge in [0, 0.05) is 16.8 Å². The van der Waals surface area contributed by atoms with Gasteiger partial charge in [-0.05, 0) is 55.3 Å². The van der Waals surface area contributed by atoms with Crippen molar-refractivity contribution in [1.82, 2.24) is 0 Å². The lowest BCUT2D eigenvalue weighted by molar-refractivity contribution is -0.132. The second kappa shape index (κ2) is 9.51. The molecule has 1 saturated heterocycles. The van der Waals surface area contributed by atoms with Crippen molar-refractivity contribution in [2.45, 2.75) is 26.8 Å². The number of aryl methyl sites for hydroxylation is 1. The van der Waals surface area contributed by atoms with E-state index in [2.05, 4.69) is 0 Å². The van der Waals surface area contributed by atoms with Crippen LogP contribution in [0, 0.1) is 18.7 Å². The lowest BCUT2D eigenvalue weighted by atomic mass is 9.94. The lowest BCUT2D eigenvalue weighted by Gasteiger charge is -2.25. The number of rotatable bonds is 6. The molecule has 3 aromatic rings. The number of ether oxygens (including phenoxy) is 1. The molecule has 0 radical (unpaired) electrons. The van der Waals surface area contributed by atoms with Crippen LogP contribution in [0.5, 0.6) is 5.75 Å². The molecule has 174 valence electrons. The molecule has 0 aliphatic carbocycles. The highest BCUT2D eigenvalue weighted by Gasteiger charge is 2.47. The third-order valence-corrected chi connectivity index (χ3v) is 5.67. The first-order valence-corrected chi connectivity index (χ1v) is 11.1. The Morgan fingerprint density at radius 1 is 1.00 bits per heavy atom. The Labute approximate surface area is 198 Å². The lowest BCUT2D eigenvalue weighted by Crippen LogP contribution is -2.29. The number of amides is 1. The van der Waals surface area contributed by atoms with Crippen LogP contribution in [0.2, 0.25) is 0 Å². The fourth-order valence-electron chi connectivity index (χ4n) is 3.92. The number of aliphatic hydroxyl groups excluding tert-OH is 1. The molecular weight excluding hydrogens is 433 g/mol. The molecule has 0 saturated carbocycles. The Kier molecular flexibility index (Phi) is 6.50. The minimum atomic E-state index is -1.11. The van der Waals surface area contributed by atoms with Crippen molar-refractivity contribution in [3.8, 4) is 5.75 Å². The minimum absolute atomic E-state index is 0.126. The Balaban J connectivity index is 1.83. The van der Waals surface area contributed by atoms with Gasteiger partial charge < -0.3 is 9.84 Å². The van der Waals surface area contributed by atoms with Crippen LogP contribution < -0.4 is 9.64 Å². The number of halogens is 1. The summed E-state index contributed by atoms with van der Waals surface area (Å²) in [5.41, 5.74) is 1.72. The van der Waals surface area contributed by atoms with Gasteiger partial charge in [-0.1, -0.05) is 49.7 Å². The number of anilines is 1. The van der Waals surface area contributed by atoms with Gasteiger partial charge in [-0.25, -0.2) is 4.39 Å². The van der Waals surface area contributed by atoms with E-state index in [-0.39, 0.29) is 16.9 Å². The van der Waals surface area contributed by atoms with Crippen molar-refractivity contribution in [3.05, 3.63) is 101 Å². The topological polar surface area (TPSA) is 66.8 Å². The molecule has 4 rings (SSSR count). The first-order valence-electron chi connectivity index (χ1n) is 11.1. The normalized spacial score (nSPS) is 17.4. The minimum Gasteiger partial charge on any atom is -0.507 e. The maximum atomic E-state index is 14.9. The van der Waals surface area contributed by atoms with Gasteiger partial charge in [-0.2, -0.15) is 0 Å². The smallest absolute Gasteiger partial charge is 0.300 e. The van der Waals surface area contributed by atoms with Crippen LogP contribution >= 0.6 is 0 Å². The van der Waals surface area contributed by atoms with Gasteiger partial charge in [0.25, 0.3) is 11.7 Å². The van der Waals surface area contributed by atoms with Crippen molar-refractivity contribution in [3.63, 3.8) is 0 Å². The number of aliphatic hydroxyl groups is 1. The zero-order valence-electron chi connectivity index (χ0n) is 19.3. The van der Waals surface area contributed by atoms with Crippen LogP contribution in [0.1, 0.15) is 36.6 Å². The van der Waals surface area contributed by atoms with Crippen molar-refractivity contribution in [1.29, 1.82) is 0 Å². The van der Waals surface area contributed by atoms with Gasteiger partial charge in [0.1, 0.15) is 17.3 Å². The fraction of sp³-hybridized carbons (Fsp3) is 0.214. The average Bonchev–Trinajstić information content (AvgIpc) is 3.09. The third-order valence-electron chi connectivity index (χ3n) is 5.67. The average molecular weight is 460 g/mol. The van der Waals surface area contributed by atoms with Crippen LogP contribution in [0.4, 0.5) is 10.1 Å². The van der Waals surface area contributed by atoms with E-state index in [1.807, 2.05) is 32.9 Å². The van der Waals surface area contributed by atoms with Gasteiger partial charge in [0.05, 0.1) is 18.2 Å². The standard InChI is InChI=1S/C28H26FNO4/c1-17(2)16-34-21-14-10-19(11-15-21)26(31)24-25(22-6-4-5-7-23(22)29)30(28(33)27(24)32)20-12-8-18(3)9-13-20/h4-15,17,25,31H,16H2,1-3H3/b26-24-. The quantitative estimate of drug-likeness (QED) is 0.288. The molecule has 1 aliphatic rings. The van der Waals surface area contributed by atoms with Gasteiger partial charge in [0.15, 0.2) is 0 Å². The van der Waals surface area contributed by atoms with E-state index >= 15 is 0 Å². The number of benzene rings is 3. The van der Waals surface area contributed by atoms with E-state index in [9.17, 15) is 19.1 Å². The highest BCUT2D eigenvalue weighted by atomic mass is 19.1. The zero-order valence-corrected chi connectivity index (χ0v) is 19.3. The largest absolute Gasteiger partial charge is 0.507 e. The molecule has 1 amide bonds. The van der Waals surface area contributed by atoms with Gasteiger partial charge in [-0.3, -0.25) is 14.5 Å². The summed E-state index contributed by atoms with van der Waals surface area (Å²) in [4.78, 5) is 27.5. The van der Waals surface area contributed by atoms with Crippen LogP contribution in [0.15, 0.2) is 78.4 Å². The second-order valence-corrected chi connectivity index (χ2v) is 8.76. The summed E-state index contributed by atoms with van der Waals surface area (Å²) in [6, 6.07) is 18.5. The zero-order chi connectivity index (χ0) is 24.4. The molecule has 0 bridgehead atoms. The summed E-state index contributed by atoms with van der Waals surface area (Å²) in [6.45, 7) is 6.52. The van der Waals surface area contributed by atoms with Crippen LogP contribution in [-0.4, -0.2) is 23.4 Å². The molecule has 3 aromatic carbocycles. The predicted octanol–water partition coefficient (Wildman–Crippen LogP) is 5.80. The number of carbonyl (C=O) groups excluding carboxylic acids is 2. The molecule has 0 spiro atoms. The second-order valence-electron chi connectivity index (χ2n) is 8.76. The van der Waals surface area contributed by atoms with Crippen LogP contribution in [0.25, 0.3) is 5.76 Å². The summed E-state index contributed by atoms with van der Waals surface area (Å²) in [5.74, 6) is -1.66. The van der Waals surface area contributed by atoms with E-state index in [0.29, 0.717) is 29.5 Å². The SMILES string of the molecule is Cc1ccc(N2C(=O)C(=O)/C(=C(\O)c3ccc(OCC(C)C)cc3)C2c2ccccc2F)cc1. The number of nitrogens with zero attached hydrogens (tertiary/aromatic N) is 1. The number of hydrogen-bond donors (Lipinski definition) is 1. The van der Waals surface area contributed by atoms with Gasteiger partial charge >= 0.3 is 0 Å². The van der Waals surface area contributed by atoms with E-state index in [1.54, 1.807) is 42.5 Å². The molecule has 1 fully saturated rings. The summed E-state index contributed by atoms with van der Waals surface area (Å²) >= 11 is 0. The van der Waals surface area contributed by atoms with Gasteiger partial charge in [0.2, 0.25) is 0 Å². The fourth-order valence-corrected chi connectivity index (χ4v) is 3.92. The van der Waals surface area contributed by atoms with E-state index in [1.165, 1.54) is 23.1 Å². The van der Waals surface area contributed by atoms with Crippen molar-refractivity contribution >= 4 is 23.1 Å². The summed E-state index contributed by atoms with van der Waals surface area (Å²) in [6.07, 6.45) is 0. The van der Waals surface area contributed by atoms with E-state index in [0.717, 1.165) is 5.56 Å². The summed E-state index contributed by atoms with van der Waals surface area (Å²) in [7, 11) is 0. The molecule has 1 unspecified atom stereocenters. The molecule has 1 aliphatic heterocycles. The number of carbonyl (C=O) groups is 2. The molecule has 1 atom stereocenters. The summed E-state index contributed by atoms with van der Waals surface area (Å²) < 4.78 is 20.6. The number of Topliss-reactive ketones (excluding diaryl/α,β-unsaturated/α-hetero) is 1. The maximum Gasteiger partial charge on any atom is 0.300 e.